The Kier molecular flexibility index (Phi) is 12.3. The van der Waals surface area contributed by atoms with Gasteiger partial charge in [0.1, 0.15) is 17.7 Å². The van der Waals surface area contributed by atoms with E-state index in [1.807, 2.05) is 68.4 Å². The van der Waals surface area contributed by atoms with Crippen LogP contribution in [0, 0.1) is 6.92 Å². The second-order valence-electron chi connectivity index (χ2n) is 10.7. The lowest BCUT2D eigenvalue weighted by Gasteiger charge is -2.35. The number of ether oxygens (including phenoxy) is 1. The Balaban J connectivity index is 2.51. The molecule has 0 aliphatic carbocycles. The number of nitrogens with zero attached hydrogens (tertiary/aromatic N) is 1. The first kappa shape index (κ1) is 30.9. The minimum absolute atomic E-state index is 0.215. The fourth-order valence-electron chi connectivity index (χ4n) is 4.22. The largest absolute Gasteiger partial charge is 0.444 e. The zero-order valence-corrected chi connectivity index (χ0v) is 23.9. The third-order valence-electron chi connectivity index (χ3n) is 6.18. The van der Waals surface area contributed by atoms with Crippen LogP contribution in [-0.4, -0.2) is 47.5 Å². The molecule has 2 rings (SSSR count). The zero-order chi connectivity index (χ0) is 28.1. The van der Waals surface area contributed by atoms with E-state index in [9.17, 15) is 14.4 Å². The van der Waals surface area contributed by atoms with Gasteiger partial charge in [0.15, 0.2) is 0 Å². The molecule has 2 aromatic rings. The van der Waals surface area contributed by atoms with Gasteiger partial charge < -0.3 is 20.3 Å². The SMILES string of the molecule is CCCCNC(=O)C(c1ccccc1C)N(CCCC)C(=O)C(Cc1ccccc1)NC(=O)OC(C)(C)C. The highest BCUT2D eigenvalue weighted by Gasteiger charge is 2.36. The number of carbonyl (C=O) groups excluding carboxylic acids is 3. The van der Waals surface area contributed by atoms with Crippen LogP contribution in [0.15, 0.2) is 54.6 Å². The van der Waals surface area contributed by atoms with Gasteiger partial charge in [0.05, 0.1) is 0 Å². The first-order valence-corrected chi connectivity index (χ1v) is 13.7. The standard InChI is InChI=1S/C31H45N3O4/c1-7-9-20-32-28(35)27(25-19-15-14-16-23(25)3)34(21-10-8-2)29(36)26(22-24-17-12-11-13-18-24)33-30(37)38-31(4,5)6/h11-19,26-27H,7-10,20-22H2,1-6H3,(H,32,35)(H,33,37). The Morgan fingerprint density at radius 2 is 1.55 bits per heavy atom. The first-order chi connectivity index (χ1) is 18.1. The number of hydrogen-bond acceptors (Lipinski definition) is 4. The predicted octanol–water partition coefficient (Wildman–Crippen LogP) is 5.72. The highest BCUT2D eigenvalue weighted by atomic mass is 16.6. The summed E-state index contributed by atoms with van der Waals surface area (Å²) in [5.41, 5.74) is 1.89. The molecule has 38 heavy (non-hydrogen) atoms. The summed E-state index contributed by atoms with van der Waals surface area (Å²) >= 11 is 0. The van der Waals surface area contributed by atoms with Crippen molar-refractivity contribution in [3.63, 3.8) is 0 Å². The van der Waals surface area contributed by atoms with Crippen molar-refractivity contribution in [2.24, 2.45) is 0 Å². The summed E-state index contributed by atoms with van der Waals surface area (Å²) in [6.45, 7) is 12.3. The van der Waals surface area contributed by atoms with Crippen molar-refractivity contribution in [3.8, 4) is 0 Å². The Morgan fingerprint density at radius 1 is 0.921 bits per heavy atom. The van der Waals surface area contributed by atoms with E-state index in [0.717, 1.165) is 42.4 Å². The fraction of sp³-hybridized carbons (Fsp3) is 0.516. The number of carbonyl (C=O) groups is 3. The monoisotopic (exact) mass is 523 g/mol. The maximum absolute atomic E-state index is 14.3. The van der Waals surface area contributed by atoms with Crippen LogP contribution in [0.2, 0.25) is 0 Å². The molecule has 0 aliphatic rings. The van der Waals surface area contributed by atoms with Gasteiger partial charge in [-0.05, 0) is 57.2 Å². The second-order valence-corrected chi connectivity index (χ2v) is 10.7. The van der Waals surface area contributed by atoms with Crippen LogP contribution in [-0.2, 0) is 20.7 Å². The minimum atomic E-state index is -0.904. The average Bonchev–Trinajstić information content (AvgIpc) is 2.86. The molecule has 208 valence electrons. The van der Waals surface area contributed by atoms with Crippen molar-refractivity contribution in [2.45, 2.75) is 91.3 Å². The Morgan fingerprint density at radius 3 is 2.16 bits per heavy atom. The van der Waals surface area contributed by atoms with Crippen LogP contribution in [0.25, 0.3) is 0 Å². The molecule has 2 N–H and O–H groups in total. The molecular weight excluding hydrogens is 478 g/mol. The van der Waals surface area contributed by atoms with Crippen molar-refractivity contribution < 1.29 is 19.1 Å². The van der Waals surface area contributed by atoms with E-state index < -0.39 is 23.8 Å². The van der Waals surface area contributed by atoms with Gasteiger partial charge in [-0.3, -0.25) is 9.59 Å². The number of benzene rings is 2. The number of aryl methyl sites for hydroxylation is 1. The van der Waals surface area contributed by atoms with Gasteiger partial charge in [0.2, 0.25) is 11.8 Å². The van der Waals surface area contributed by atoms with E-state index in [1.54, 1.807) is 25.7 Å². The average molecular weight is 524 g/mol. The maximum Gasteiger partial charge on any atom is 0.408 e. The number of nitrogens with one attached hydrogen (secondary N) is 2. The number of amides is 3. The molecule has 0 aliphatic heterocycles. The van der Waals surface area contributed by atoms with E-state index in [4.69, 9.17) is 4.74 Å². The summed E-state index contributed by atoms with van der Waals surface area (Å²) in [5.74, 6) is -0.528. The van der Waals surface area contributed by atoms with Crippen molar-refractivity contribution in [1.29, 1.82) is 0 Å². The molecule has 0 spiro atoms. The molecule has 0 saturated heterocycles. The van der Waals surface area contributed by atoms with E-state index in [1.165, 1.54) is 0 Å². The highest BCUT2D eigenvalue weighted by Crippen LogP contribution is 2.26. The summed E-state index contributed by atoms with van der Waals surface area (Å²) in [5, 5.41) is 5.84. The van der Waals surface area contributed by atoms with Gasteiger partial charge >= 0.3 is 6.09 Å². The normalized spacial score (nSPS) is 12.8. The van der Waals surface area contributed by atoms with Gasteiger partial charge in [-0.25, -0.2) is 4.79 Å². The Hall–Kier alpha value is -3.35. The van der Waals surface area contributed by atoms with Crippen LogP contribution < -0.4 is 10.6 Å². The number of unbranched alkanes of at least 4 members (excludes halogenated alkanes) is 2. The van der Waals surface area contributed by atoms with Gasteiger partial charge in [-0.1, -0.05) is 81.3 Å². The number of rotatable bonds is 13. The lowest BCUT2D eigenvalue weighted by Crippen LogP contribution is -2.54. The van der Waals surface area contributed by atoms with E-state index in [-0.39, 0.29) is 18.2 Å². The Bertz CT molecular complexity index is 1030. The van der Waals surface area contributed by atoms with E-state index >= 15 is 0 Å². The molecule has 0 radical (unpaired) electrons. The van der Waals surface area contributed by atoms with Crippen molar-refractivity contribution in [3.05, 3.63) is 71.3 Å². The highest BCUT2D eigenvalue weighted by molar-refractivity contribution is 5.92. The minimum Gasteiger partial charge on any atom is -0.444 e. The molecule has 0 aromatic heterocycles. The lowest BCUT2D eigenvalue weighted by atomic mass is 9.96. The second kappa shape index (κ2) is 15.2. The third-order valence-corrected chi connectivity index (χ3v) is 6.18. The topological polar surface area (TPSA) is 87.7 Å². The van der Waals surface area contributed by atoms with Crippen LogP contribution in [0.1, 0.15) is 83.0 Å². The predicted molar refractivity (Wildman–Crippen MR) is 152 cm³/mol. The van der Waals surface area contributed by atoms with Crippen LogP contribution in [0.3, 0.4) is 0 Å². The number of alkyl carbamates (subject to hydrolysis) is 1. The van der Waals surface area contributed by atoms with Gasteiger partial charge in [0, 0.05) is 19.5 Å². The van der Waals surface area contributed by atoms with Gasteiger partial charge in [-0.2, -0.15) is 0 Å². The summed E-state index contributed by atoms with van der Waals surface area (Å²) in [6.07, 6.45) is 2.99. The molecule has 2 atom stereocenters. The molecule has 3 amide bonds. The lowest BCUT2D eigenvalue weighted by molar-refractivity contribution is -0.142. The molecule has 0 heterocycles. The van der Waals surface area contributed by atoms with Crippen LogP contribution >= 0.6 is 0 Å². The Labute approximate surface area is 228 Å². The third kappa shape index (κ3) is 9.84. The van der Waals surface area contributed by atoms with Gasteiger partial charge in [-0.15, -0.1) is 0 Å². The van der Waals surface area contributed by atoms with E-state index in [2.05, 4.69) is 17.6 Å². The molecule has 7 nitrogen and oxygen atoms in total. The summed E-state index contributed by atoms with van der Waals surface area (Å²) in [7, 11) is 0. The van der Waals surface area contributed by atoms with Crippen molar-refractivity contribution in [2.75, 3.05) is 13.1 Å². The first-order valence-electron chi connectivity index (χ1n) is 13.7. The molecule has 0 fully saturated rings. The quantitative estimate of drug-likeness (QED) is 0.329. The maximum atomic E-state index is 14.3. The summed E-state index contributed by atoms with van der Waals surface area (Å²) in [6, 6.07) is 15.5. The number of hydrogen-bond donors (Lipinski definition) is 2. The van der Waals surface area contributed by atoms with Crippen LogP contribution in [0.4, 0.5) is 4.79 Å². The fourth-order valence-corrected chi connectivity index (χ4v) is 4.22. The van der Waals surface area contributed by atoms with Crippen molar-refractivity contribution >= 4 is 17.9 Å². The molecule has 2 unspecified atom stereocenters. The molecule has 7 heteroatoms. The smallest absolute Gasteiger partial charge is 0.408 e. The molecule has 0 bridgehead atoms. The van der Waals surface area contributed by atoms with Gasteiger partial charge in [0.25, 0.3) is 0 Å². The summed E-state index contributed by atoms with van der Waals surface area (Å²) in [4.78, 5) is 42.4. The molecule has 2 aromatic carbocycles. The zero-order valence-electron chi connectivity index (χ0n) is 23.9. The van der Waals surface area contributed by atoms with Crippen molar-refractivity contribution in [1.82, 2.24) is 15.5 Å². The molecule has 0 saturated carbocycles. The van der Waals surface area contributed by atoms with E-state index in [0.29, 0.717) is 13.1 Å². The molecular formula is C31H45N3O4. The summed E-state index contributed by atoms with van der Waals surface area (Å²) < 4.78 is 5.49. The van der Waals surface area contributed by atoms with Crippen LogP contribution in [0.5, 0.6) is 0 Å².